The Balaban J connectivity index is 1.000. The molecule has 11 aromatic carbocycles. The lowest BCUT2D eigenvalue weighted by Gasteiger charge is -2.44. The summed E-state index contributed by atoms with van der Waals surface area (Å²) >= 11 is 0. The lowest BCUT2D eigenvalue weighted by molar-refractivity contribution is 0.603. The van der Waals surface area contributed by atoms with Gasteiger partial charge in [0.15, 0.2) is 0 Å². The van der Waals surface area contributed by atoms with Crippen LogP contribution in [0.4, 0.5) is 28.4 Å². The van der Waals surface area contributed by atoms with Crippen molar-refractivity contribution in [3.05, 3.63) is 282 Å². The molecule has 2 aliphatic carbocycles. The second kappa shape index (κ2) is 17.8. The summed E-state index contributed by atoms with van der Waals surface area (Å²) in [7, 11) is 0. The van der Waals surface area contributed by atoms with Gasteiger partial charge in [0.25, 0.3) is 0 Å². The molecule has 78 heavy (non-hydrogen) atoms. The highest BCUT2D eigenvalue weighted by molar-refractivity contribution is 6.20. The maximum atomic E-state index is 2.60. The zero-order valence-electron chi connectivity index (χ0n) is 44.8. The number of anilines is 5. The van der Waals surface area contributed by atoms with E-state index in [1.807, 2.05) is 0 Å². The number of hydrogen-bond donors (Lipinski definition) is 0. The van der Waals surface area contributed by atoms with Crippen molar-refractivity contribution < 1.29 is 0 Å². The molecule has 0 spiro atoms. The van der Waals surface area contributed by atoms with Crippen LogP contribution in [0.1, 0.15) is 81.2 Å². The van der Waals surface area contributed by atoms with E-state index in [9.17, 15) is 0 Å². The van der Waals surface area contributed by atoms with Gasteiger partial charge >= 0.3 is 0 Å². The molecule has 2 heterocycles. The van der Waals surface area contributed by atoms with Gasteiger partial charge in [-0.2, -0.15) is 0 Å². The monoisotopic (exact) mass is 1000 g/mol. The molecule has 0 aromatic heterocycles. The van der Waals surface area contributed by atoms with Crippen molar-refractivity contribution in [2.75, 3.05) is 9.80 Å². The van der Waals surface area contributed by atoms with Gasteiger partial charge in [-0.05, 0) is 190 Å². The fourth-order valence-electron chi connectivity index (χ4n) is 14.0. The van der Waals surface area contributed by atoms with E-state index in [4.69, 9.17) is 0 Å². The van der Waals surface area contributed by atoms with Crippen LogP contribution in [0.5, 0.6) is 0 Å². The van der Waals surface area contributed by atoms with Crippen LogP contribution in [-0.4, -0.2) is 0 Å². The zero-order chi connectivity index (χ0) is 52.3. The van der Waals surface area contributed by atoms with E-state index in [0.717, 1.165) is 31.4 Å². The molecule has 2 nitrogen and oxygen atoms in total. The van der Waals surface area contributed by atoms with Crippen LogP contribution in [0.3, 0.4) is 0 Å². The molecule has 2 aliphatic heterocycles. The van der Waals surface area contributed by atoms with E-state index >= 15 is 0 Å². The standard InChI is InChI=1S/C76H60N2/c1-75(2)65-21-9-13-25-69(65)77(70-26-14-10-22-66(70)75)59-41-43-61-63(47-59)73(53-35-29-51(30-36-53)57-39-33-49-17-5-7-19-55(49)45-57)62-44-42-60(78-71-27-15-11-23-67(71)76(3,4)68-24-12-16-28-72(68)78)48-64(62)74(61)54-37-31-52(32-38-54)58-40-34-50-18-6-8-20-56(50)46-58/h5-15,17-27,29-31,33-37,39-48H,16,28,32,38H2,1-4H3. The van der Waals surface area contributed by atoms with Crippen molar-refractivity contribution in [2.45, 2.75) is 64.2 Å². The molecule has 4 aliphatic rings. The third-order valence-corrected chi connectivity index (χ3v) is 18.0. The Kier molecular flexibility index (Phi) is 10.6. The number of allylic oxidation sites excluding steroid dienone is 8. The molecule has 0 saturated carbocycles. The summed E-state index contributed by atoms with van der Waals surface area (Å²) in [6, 6.07) is 82.6. The molecule has 0 atom stereocenters. The van der Waals surface area contributed by atoms with Crippen LogP contribution >= 0.6 is 0 Å². The van der Waals surface area contributed by atoms with Gasteiger partial charge in [-0.1, -0.05) is 216 Å². The maximum Gasteiger partial charge on any atom is 0.0502 e. The van der Waals surface area contributed by atoms with Gasteiger partial charge in [-0.3, -0.25) is 0 Å². The SMILES string of the molecule is CC1(C)C2=C(CCC=C2)N(c2ccc3c(-c4ccc(-c5ccc6ccccc6c5)cc4)c4cc(N5c6ccccc6C(C)(C)c6ccccc65)ccc4c(C4=CC=C(c5ccc6ccccc6c5)CC4)c3c2)c2ccccc21. The van der Waals surface area contributed by atoms with E-state index in [0.29, 0.717) is 0 Å². The second-order valence-corrected chi connectivity index (χ2v) is 23.1. The third-order valence-electron chi connectivity index (χ3n) is 18.0. The lowest BCUT2D eigenvalue weighted by atomic mass is 9.71. The molecule has 11 aromatic rings. The molecule has 374 valence electrons. The molecule has 0 N–H and O–H groups in total. The highest BCUT2D eigenvalue weighted by atomic mass is 15.2. The van der Waals surface area contributed by atoms with Crippen LogP contribution in [0.15, 0.2) is 254 Å². The minimum absolute atomic E-state index is 0.116. The summed E-state index contributed by atoms with van der Waals surface area (Å²) in [4.78, 5) is 5.13. The van der Waals surface area contributed by atoms with E-state index in [-0.39, 0.29) is 10.8 Å². The molecule has 0 fully saturated rings. The summed E-state index contributed by atoms with van der Waals surface area (Å²) < 4.78 is 0. The van der Waals surface area contributed by atoms with E-state index in [1.165, 1.54) is 138 Å². The maximum absolute atomic E-state index is 2.60. The molecule has 15 rings (SSSR count). The molecule has 0 bridgehead atoms. The number of fused-ring (bicyclic) bond motifs is 7. The summed E-state index contributed by atoms with van der Waals surface area (Å²) in [6.45, 7) is 9.56. The Morgan fingerprint density at radius 3 is 1.45 bits per heavy atom. The van der Waals surface area contributed by atoms with Gasteiger partial charge in [0.1, 0.15) is 0 Å². The fourth-order valence-corrected chi connectivity index (χ4v) is 14.0. The topological polar surface area (TPSA) is 6.48 Å². The average Bonchev–Trinajstić information content (AvgIpc) is 3.66. The quantitative estimate of drug-likeness (QED) is 0.153. The van der Waals surface area contributed by atoms with Crippen LogP contribution in [0.25, 0.3) is 76.5 Å². The fraction of sp³-hybridized carbons (Fsp3) is 0.132. The van der Waals surface area contributed by atoms with Crippen LogP contribution < -0.4 is 9.80 Å². The summed E-state index contributed by atoms with van der Waals surface area (Å²) in [5.41, 5.74) is 22.9. The van der Waals surface area contributed by atoms with E-state index < -0.39 is 0 Å². The highest BCUT2D eigenvalue weighted by Crippen LogP contribution is 2.55. The minimum atomic E-state index is -0.165. The zero-order valence-corrected chi connectivity index (χ0v) is 44.8. The third kappa shape index (κ3) is 7.23. The van der Waals surface area contributed by atoms with Gasteiger partial charge in [0.2, 0.25) is 0 Å². The highest BCUT2D eigenvalue weighted by Gasteiger charge is 2.39. The van der Waals surface area contributed by atoms with E-state index in [2.05, 4.69) is 280 Å². The van der Waals surface area contributed by atoms with Crippen molar-refractivity contribution in [3.8, 4) is 22.3 Å². The number of nitrogens with zero attached hydrogens (tertiary/aromatic N) is 2. The first kappa shape index (κ1) is 46.3. The van der Waals surface area contributed by atoms with Crippen molar-refractivity contribution >= 4 is 82.7 Å². The summed E-state index contributed by atoms with van der Waals surface area (Å²) in [6.07, 6.45) is 13.6. The average molecular weight is 1000 g/mol. The summed E-state index contributed by atoms with van der Waals surface area (Å²) in [5.74, 6) is 0. The predicted molar refractivity (Wildman–Crippen MR) is 333 cm³/mol. The van der Waals surface area contributed by atoms with Crippen molar-refractivity contribution in [2.24, 2.45) is 0 Å². The number of benzene rings is 11. The van der Waals surface area contributed by atoms with Gasteiger partial charge in [-0.15, -0.1) is 0 Å². The van der Waals surface area contributed by atoms with Gasteiger partial charge in [0, 0.05) is 33.6 Å². The van der Waals surface area contributed by atoms with Gasteiger partial charge < -0.3 is 9.80 Å². The number of para-hydroxylation sites is 3. The first-order valence-corrected chi connectivity index (χ1v) is 28.0. The van der Waals surface area contributed by atoms with Gasteiger partial charge in [-0.25, -0.2) is 0 Å². The van der Waals surface area contributed by atoms with E-state index in [1.54, 1.807) is 0 Å². The summed E-state index contributed by atoms with van der Waals surface area (Å²) in [5, 5.41) is 10.1. The van der Waals surface area contributed by atoms with Gasteiger partial charge in [0.05, 0.1) is 11.4 Å². The lowest BCUT2D eigenvalue weighted by Crippen LogP contribution is -2.34. The molecule has 2 heteroatoms. The van der Waals surface area contributed by atoms with Crippen molar-refractivity contribution in [3.63, 3.8) is 0 Å². The Morgan fingerprint density at radius 1 is 0.346 bits per heavy atom. The first-order valence-electron chi connectivity index (χ1n) is 28.0. The largest absolute Gasteiger partial charge is 0.314 e. The second-order valence-electron chi connectivity index (χ2n) is 23.1. The number of hydrogen-bond acceptors (Lipinski definition) is 2. The normalized spacial score (nSPS) is 16.2. The van der Waals surface area contributed by atoms with Crippen LogP contribution in [0, 0.1) is 0 Å². The first-order chi connectivity index (χ1) is 38.2. The smallest absolute Gasteiger partial charge is 0.0502 e. The molecule has 0 saturated heterocycles. The van der Waals surface area contributed by atoms with Crippen LogP contribution in [0.2, 0.25) is 0 Å². The molecular formula is C76H60N2. The van der Waals surface area contributed by atoms with Crippen molar-refractivity contribution in [1.82, 2.24) is 0 Å². The Hall–Kier alpha value is -8.98. The molecule has 0 amide bonds. The Morgan fingerprint density at radius 2 is 0.821 bits per heavy atom. The Labute approximate surface area is 458 Å². The predicted octanol–water partition coefficient (Wildman–Crippen LogP) is 21.0. The number of rotatable bonds is 6. The van der Waals surface area contributed by atoms with Crippen LogP contribution in [-0.2, 0) is 10.8 Å². The minimum Gasteiger partial charge on any atom is -0.314 e. The molecular weight excluding hydrogens is 941 g/mol. The Bertz CT molecular complexity index is 4390. The molecule has 0 unspecified atom stereocenters. The van der Waals surface area contributed by atoms with Crippen molar-refractivity contribution in [1.29, 1.82) is 0 Å². The molecule has 0 radical (unpaired) electrons.